The third-order valence-corrected chi connectivity index (χ3v) is 3.92. The van der Waals surface area contributed by atoms with E-state index >= 15 is 0 Å². The van der Waals surface area contributed by atoms with Crippen molar-refractivity contribution in [2.75, 3.05) is 37.6 Å². The number of piperazine rings is 1. The minimum Gasteiger partial charge on any atom is -0.465 e. The third-order valence-electron chi connectivity index (χ3n) is 3.72. The van der Waals surface area contributed by atoms with Crippen LogP contribution in [-0.4, -0.2) is 47.8 Å². The van der Waals surface area contributed by atoms with Crippen molar-refractivity contribution >= 4 is 23.5 Å². The summed E-state index contributed by atoms with van der Waals surface area (Å²) in [7, 11) is 0. The molecule has 0 saturated carbocycles. The van der Waals surface area contributed by atoms with Gasteiger partial charge in [-0.3, -0.25) is 4.90 Å². The number of nitrogens with zero attached hydrogens (tertiary/aromatic N) is 4. The van der Waals surface area contributed by atoms with Crippen LogP contribution in [0.4, 0.5) is 5.82 Å². The number of furan rings is 1. The first-order valence-electron chi connectivity index (χ1n) is 7.38. The summed E-state index contributed by atoms with van der Waals surface area (Å²) in [5.41, 5.74) is 1.30. The average molecular weight is 319 g/mol. The lowest BCUT2D eigenvalue weighted by Gasteiger charge is -2.35. The van der Waals surface area contributed by atoms with E-state index in [-0.39, 0.29) is 0 Å². The summed E-state index contributed by atoms with van der Waals surface area (Å²) in [5, 5.41) is 8.48. The molecule has 2 aromatic rings. The van der Waals surface area contributed by atoms with Crippen molar-refractivity contribution in [3.05, 3.63) is 47.0 Å². The van der Waals surface area contributed by atoms with E-state index in [1.54, 1.807) is 12.3 Å². The maximum absolute atomic E-state index is 5.78. The molecule has 0 N–H and O–H groups in total. The zero-order valence-corrected chi connectivity index (χ0v) is 13.3. The van der Waals surface area contributed by atoms with Crippen LogP contribution in [0.25, 0.3) is 6.08 Å². The van der Waals surface area contributed by atoms with E-state index in [0.29, 0.717) is 5.15 Å². The molecule has 1 aliphatic rings. The van der Waals surface area contributed by atoms with Gasteiger partial charge in [0.1, 0.15) is 5.76 Å². The second-order valence-electron chi connectivity index (χ2n) is 5.48. The van der Waals surface area contributed by atoms with Gasteiger partial charge in [0.15, 0.2) is 11.0 Å². The molecule has 0 aliphatic carbocycles. The first-order chi connectivity index (χ1) is 10.7. The van der Waals surface area contributed by atoms with Gasteiger partial charge >= 0.3 is 0 Å². The second-order valence-corrected chi connectivity index (χ2v) is 5.87. The van der Waals surface area contributed by atoms with Gasteiger partial charge in [-0.1, -0.05) is 17.2 Å². The molecule has 116 valence electrons. The molecule has 3 heterocycles. The molecule has 22 heavy (non-hydrogen) atoms. The molecule has 5 nitrogen and oxygen atoms in total. The van der Waals surface area contributed by atoms with Crippen LogP contribution in [0, 0.1) is 0 Å². The molecular weight excluding hydrogens is 300 g/mol. The van der Waals surface area contributed by atoms with Crippen LogP contribution in [0.5, 0.6) is 0 Å². The summed E-state index contributed by atoms with van der Waals surface area (Å²) in [6, 6.07) is 7.59. The summed E-state index contributed by atoms with van der Waals surface area (Å²) in [6.07, 6.45) is 3.79. The fraction of sp³-hybridized carbons (Fsp3) is 0.375. The Hall–Kier alpha value is -1.85. The molecule has 6 heteroatoms. The molecule has 0 amide bonds. The van der Waals surface area contributed by atoms with Crippen molar-refractivity contribution < 1.29 is 4.42 Å². The predicted molar refractivity (Wildman–Crippen MR) is 88.1 cm³/mol. The maximum atomic E-state index is 5.78. The van der Waals surface area contributed by atoms with Gasteiger partial charge in [0.2, 0.25) is 0 Å². The fourth-order valence-corrected chi connectivity index (χ4v) is 2.73. The topological polar surface area (TPSA) is 45.4 Å². The zero-order valence-electron chi connectivity index (χ0n) is 12.6. The number of hydrogen-bond donors (Lipinski definition) is 0. The molecule has 0 aromatic carbocycles. The van der Waals surface area contributed by atoms with Crippen LogP contribution in [-0.2, 0) is 0 Å². The van der Waals surface area contributed by atoms with Crippen molar-refractivity contribution in [2.45, 2.75) is 6.92 Å². The Morgan fingerprint density at radius 2 is 2.05 bits per heavy atom. The van der Waals surface area contributed by atoms with Crippen molar-refractivity contribution in [3.63, 3.8) is 0 Å². The molecular formula is C16H19ClN4O. The molecule has 1 fully saturated rings. The highest BCUT2D eigenvalue weighted by molar-refractivity contribution is 6.29. The molecule has 0 radical (unpaired) electrons. The second kappa shape index (κ2) is 6.94. The Bertz CT molecular complexity index is 616. The van der Waals surface area contributed by atoms with Gasteiger partial charge in [0.25, 0.3) is 0 Å². The van der Waals surface area contributed by atoms with Gasteiger partial charge < -0.3 is 9.32 Å². The standard InChI is InChI=1S/C16H19ClN4O/c1-13(11-14-3-2-10-22-14)12-20-6-8-21(9-7-20)16-5-4-15(17)18-19-16/h2-5,10-11H,6-9,12H2,1H3/b13-11+. The molecule has 3 rings (SSSR count). The lowest BCUT2D eigenvalue weighted by Crippen LogP contribution is -2.47. The Morgan fingerprint density at radius 1 is 1.23 bits per heavy atom. The van der Waals surface area contributed by atoms with Crippen molar-refractivity contribution in [3.8, 4) is 0 Å². The summed E-state index contributed by atoms with van der Waals surface area (Å²) in [4.78, 5) is 4.68. The molecule has 0 atom stereocenters. The number of halogens is 1. The number of aromatic nitrogens is 2. The van der Waals surface area contributed by atoms with Crippen LogP contribution in [0.2, 0.25) is 5.15 Å². The summed E-state index contributed by atoms with van der Waals surface area (Å²) >= 11 is 5.78. The summed E-state index contributed by atoms with van der Waals surface area (Å²) in [6.45, 7) is 7.01. The number of hydrogen-bond acceptors (Lipinski definition) is 5. The molecule has 2 aromatic heterocycles. The number of anilines is 1. The predicted octanol–water partition coefficient (Wildman–Crippen LogP) is 2.95. The van der Waals surface area contributed by atoms with Crippen LogP contribution in [0.3, 0.4) is 0 Å². The molecule has 0 bridgehead atoms. The van der Waals surface area contributed by atoms with E-state index < -0.39 is 0 Å². The van der Waals surface area contributed by atoms with Gasteiger partial charge in [0.05, 0.1) is 6.26 Å². The quantitative estimate of drug-likeness (QED) is 0.867. The Balaban J connectivity index is 1.52. The van der Waals surface area contributed by atoms with E-state index in [2.05, 4.69) is 33.0 Å². The van der Waals surface area contributed by atoms with Gasteiger partial charge in [-0.25, -0.2) is 0 Å². The van der Waals surface area contributed by atoms with E-state index in [1.165, 1.54) is 5.57 Å². The van der Waals surface area contributed by atoms with E-state index in [0.717, 1.165) is 44.3 Å². The third kappa shape index (κ3) is 3.87. The van der Waals surface area contributed by atoms with Crippen LogP contribution < -0.4 is 4.90 Å². The van der Waals surface area contributed by atoms with Crippen LogP contribution >= 0.6 is 11.6 Å². The van der Waals surface area contributed by atoms with Gasteiger partial charge in [-0.05, 0) is 37.3 Å². The molecule has 0 spiro atoms. The first kappa shape index (κ1) is 15.1. The van der Waals surface area contributed by atoms with E-state index in [4.69, 9.17) is 16.0 Å². The first-order valence-corrected chi connectivity index (χ1v) is 7.76. The van der Waals surface area contributed by atoms with Gasteiger partial charge in [-0.2, -0.15) is 0 Å². The summed E-state index contributed by atoms with van der Waals surface area (Å²) in [5.74, 6) is 1.81. The normalized spacial score (nSPS) is 17.0. The highest BCUT2D eigenvalue weighted by Crippen LogP contribution is 2.15. The highest BCUT2D eigenvalue weighted by Gasteiger charge is 2.18. The largest absolute Gasteiger partial charge is 0.465 e. The van der Waals surface area contributed by atoms with Crippen molar-refractivity contribution in [2.24, 2.45) is 0 Å². The SMILES string of the molecule is C/C(=C\c1ccco1)CN1CCN(c2ccc(Cl)nn2)CC1. The Labute approximate surface area is 135 Å². The van der Waals surface area contributed by atoms with E-state index in [1.807, 2.05) is 18.2 Å². The highest BCUT2D eigenvalue weighted by atomic mass is 35.5. The van der Waals surface area contributed by atoms with E-state index in [9.17, 15) is 0 Å². The fourth-order valence-electron chi connectivity index (χ4n) is 2.63. The Morgan fingerprint density at radius 3 is 2.68 bits per heavy atom. The van der Waals surface area contributed by atoms with Crippen molar-refractivity contribution in [1.29, 1.82) is 0 Å². The maximum Gasteiger partial charge on any atom is 0.151 e. The van der Waals surface area contributed by atoms with Crippen molar-refractivity contribution in [1.82, 2.24) is 15.1 Å². The average Bonchev–Trinajstić information content (AvgIpc) is 3.02. The lowest BCUT2D eigenvalue weighted by molar-refractivity contribution is 0.278. The monoisotopic (exact) mass is 318 g/mol. The van der Waals surface area contributed by atoms with Gasteiger partial charge in [-0.15, -0.1) is 10.2 Å². The van der Waals surface area contributed by atoms with Gasteiger partial charge in [0, 0.05) is 32.7 Å². The molecule has 0 unspecified atom stereocenters. The smallest absolute Gasteiger partial charge is 0.151 e. The lowest BCUT2D eigenvalue weighted by atomic mass is 10.2. The van der Waals surface area contributed by atoms with Crippen LogP contribution in [0.1, 0.15) is 12.7 Å². The molecule has 1 saturated heterocycles. The molecule has 1 aliphatic heterocycles. The zero-order chi connectivity index (χ0) is 15.4. The van der Waals surface area contributed by atoms with Crippen LogP contribution in [0.15, 0.2) is 40.5 Å². The minimum atomic E-state index is 0.432. The number of rotatable bonds is 4. The minimum absolute atomic E-state index is 0.432. The summed E-state index contributed by atoms with van der Waals surface area (Å²) < 4.78 is 5.35. The Kier molecular flexibility index (Phi) is 4.75.